The predicted molar refractivity (Wildman–Crippen MR) is 71.8 cm³/mol. The van der Waals surface area contributed by atoms with Crippen LogP contribution >= 0.6 is 0 Å². The maximum atomic E-state index is 13.4. The number of benzene rings is 1. The van der Waals surface area contributed by atoms with E-state index in [9.17, 15) is 14.3 Å². The molecule has 20 heavy (non-hydrogen) atoms. The number of hydrogen-bond donors (Lipinski definition) is 1. The van der Waals surface area contributed by atoms with Crippen LogP contribution in [0.1, 0.15) is 11.7 Å². The minimum atomic E-state index is -1.34. The number of aliphatic hydroxyl groups is 1. The zero-order valence-electron chi connectivity index (χ0n) is 10.9. The van der Waals surface area contributed by atoms with Crippen molar-refractivity contribution < 1.29 is 19.0 Å². The van der Waals surface area contributed by atoms with Crippen LogP contribution in [0.5, 0.6) is 0 Å². The van der Waals surface area contributed by atoms with Crippen molar-refractivity contribution in [2.45, 2.75) is 6.10 Å². The highest BCUT2D eigenvalue weighted by Crippen LogP contribution is 2.28. The third kappa shape index (κ3) is 2.62. The average Bonchev–Trinajstić information content (AvgIpc) is 2.98. The Labute approximate surface area is 115 Å². The Morgan fingerprint density at radius 1 is 1.40 bits per heavy atom. The highest BCUT2D eigenvalue weighted by atomic mass is 19.1. The molecule has 0 spiro atoms. The summed E-state index contributed by atoms with van der Waals surface area (Å²) < 4.78 is 19.7. The number of carbonyl (C=O) groups is 1. The normalized spacial score (nSPS) is 11.9. The van der Waals surface area contributed by atoms with E-state index >= 15 is 0 Å². The molecular formula is C15H14FNO3. The first kappa shape index (κ1) is 14.0. The van der Waals surface area contributed by atoms with E-state index in [0.29, 0.717) is 5.69 Å². The Morgan fingerprint density at radius 3 is 2.65 bits per heavy atom. The predicted octanol–water partition coefficient (Wildman–Crippen LogP) is 2.38. The van der Waals surface area contributed by atoms with Crippen molar-refractivity contribution in [3.05, 3.63) is 66.3 Å². The van der Waals surface area contributed by atoms with Gasteiger partial charge in [-0.25, -0.2) is 9.18 Å². The number of ether oxygens (including phenoxy) is 1. The third-order valence-electron chi connectivity index (χ3n) is 2.94. The van der Waals surface area contributed by atoms with Crippen LogP contribution in [0.4, 0.5) is 4.39 Å². The fourth-order valence-corrected chi connectivity index (χ4v) is 1.91. The number of aliphatic hydroxyl groups excluding tert-OH is 1. The highest BCUT2D eigenvalue weighted by Gasteiger charge is 2.22. The molecule has 2 aromatic rings. The van der Waals surface area contributed by atoms with Crippen LogP contribution in [0.3, 0.4) is 0 Å². The van der Waals surface area contributed by atoms with E-state index in [-0.39, 0.29) is 11.1 Å². The van der Waals surface area contributed by atoms with Crippen molar-refractivity contribution in [1.29, 1.82) is 0 Å². The minimum absolute atomic E-state index is 0.147. The number of halogens is 1. The van der Waals surface area contributed by atoms with Gasteiger partial charge in [0.25, 0.3) is 0 Å². The SMILES string of the molecule is C=C(C(=O)OC)C(O)c1cc(F)ccc1-n1cccc1. The molecule has 0 fully saturated rings. The van der Waals surface area contributed by atoms with Crippen molar-refractivity contribution in [2.75, 3.05) is 7.11 Å². The molecule has 5 heteroatoms. The molecule has 0 bridgehead atoms. The summed E-state index contributed by atoms with van der Waals surface area (Å²) in [5, 5.41) is 10.2. The van der Waals surface area contributed by atoms with Crippen LogP contribution in [0.2, 0.25) is 0 Å². The molecule has 104 valence electrons. The van der Waals surface area contributed by atoms with Gasteiger partial charge in [-0.3, -0.25) is 0 Å². The highest BCUT2D eigenvalue weighted by molar-refractivity contribution is 5.89. The van der Waals surface area contributed by atoms with Gasteiger partial charge in [0.2, 0.25) is 0 Å². The van der Waals surface area contributed by atoms with Crippen LogP contribution < -0.4 is 0 Å². The summed E-state index contributed by atoms with van der Waals surface area (Å²) >= 11 is 0. The Bertz CT molecular complexity index is 635. The molecule has 1 heterocycles. The quantitative estimate of drug-likeness (QED) is 0.688. The van der Waals surface area contributed by atoms with E-state index in [2.05, 4.69) is 11.3 Å². The summed E-state index contributed by atoms with van der Waals surface area (Å²) in [6, 6.07) is 7.59. The Morgan fingerprint density at radius 2 is 2.05 bits per heavy atom. The van der Waals surface area contributed by atoms with E-state index < -0.39 is 17.9 Å². The Balaban J connectivity index is 2.47. The van der Waals surface area contributed by atoms with Gasteiger partial charge in [0.1, 0.15) is 11.9 Å². The molecule has 1 aromatic heterocycles. The first-order chi connectivity index (χ1) is 9.54. The number of aromatic nitrogens is 1. The monoisotopic (exact) mass is 275 g/mol. The summed E-state index contributed by atoms with van der Waals surface area (Å²) in [7, 11) is 1.19. The van der Waals surface area contributed by atoms with Crippen LogP contribution in [0, 0.1) is 5.82 Å². The molecule has 1 atom stereocenters. The summed E-state index contributed by atoms with van der Waals surface area (Å²) in [5.74, 6) is -1.24. The van der Waals surface area contributed by atoms with Crippen molar-refractivity contribution in [1.82, 2.24) is 4.57 Å². The van der Waals surface area contributed by atoms with E-state index in [1.165, 1.54) is 25.3 Å². The molecule has 1 unspecified atom stereocenters. The van der Waals surface area contributed by atoms with E-state index in [4.69, 9.17) is 0 Å². The molecule has 0 aliphatic carbocycles. The first-order valence-electron chi connectivity index (χ1n) is 5.92. The fraction of sp³-hybridized carbons (Fsp3) is 0.133. The maximum Gasteiger partial charge on any atom is 0.336 e. The lowest BCUT2D eigenvalue weighted by Crippen LogP contribution is -2.14. The van der Waals surface area contributed by atoms with Gasteiger partial charge >= 0.3 is 5.97 Å². The largest absolute Gasteiger partial charge is 0.466 e. The van der Waals surface area contributed by atoms with E-state index in [1.54, 1.807) is 29.1 Å². The third-order valence-corrected chi connectivity index (χ3v) is 2.94. The topological polar surface area (TPSA) is 51.5 Å². The van der Waals surface area contributed by atoms with Crippen molar-refractivity contribution >= 4 is 5.97 Å². The molecule has 0 aliphatic rings. The van der Waals surface area contributed by atoms with Crippen molar-refractivity contribution in [2.24, 2.45) is 0 Å². The molecule has 0 aliphatic heterocycles. The van der Waals surface area contributed by atoms with Crippen LogP contribution in [0.25, 0.3) is 5.69 Å². The zero-order chi connectivity index (χ0) is 14.7. The Kier molecular flexibility index (Phi) is 4.00. The average molecular weight is 275 g/mol. The van der Waals surface area contributed by atoms with Crippen LogP contribution in [0.15, 0.2) is 54.9 Å². The van der Waals surface area contributed by atoms with Gasteiger partial charge < -0.3 is 14.4 Å². The standard InChI is InChI=1S/C15H14FNO3/c1-10(15(19)20-2)14(18)12-9-11(16)5-6-13(12)17-7-3-4-8-17/h3-9,14,18H,1H2,2H3. The van der Waals surface area contributed by atoms with Gasteiger partial charge in [-0.2, -0.15) is 0 Å². The molecular weight excluding hydrogens is 261 g/mol. The molecule has 0 radical (unpaired) electrons. The van der Waals surface area contributed by atoms with Gasteiger partial charge in [-0.05, 0) is 30.3 Å². The van der Waals surface area contributed by atoms with Gasteiger partial charge in [0.15, 0.2) is 0 Å². The lowest BCUT2D eigenvalue weighted by molar-refractivity contribution is -0.137. The molecule has 1 N–H and O–H groups in total. The van der Waals surface area contributed by atoms with E-state index in [1.807, 2.05) is 0 Å². The zero-order valence-corrected chi connectivity index (χ0v) is 10.9. The van der Waals surface area contributed by atoms with Gasteiger partial charge in [0, 0.05) is 18.0 Å². The number of nitrogens with zero attached hydrogens (tertiary/aromatic N) is 1. The second-order valence-corrected chi connectivity index (χ2v) is 4.21. The Hall–Kier alpha value is -2.40. The first-order valence-corrected chi connectivity index (χ1v) is 5.92. The second-order valence-electron chi connectivity index (χ2n) is 4.21. The minimum Gasteiger partial charge on any atom is -0.466 e. The number of hydrogen-bond acceptors (Lipinski definition) is 3. The van der Waals surface area contributed by atoms with Crippen molar-refractivity contribution in [3.63, 3.8) is 0 Å². The molecule has 0 saturated heterocycles. The van der Waals surface area contributed by atoms with Gasteiger partial charge in [-0.15, -0.1) is 0 Å². The molecule has 0 amide bonds. The molecule has 4 nitrogen and oxygen atoms in total. The number of esters is 1. The van der Waals surface area contributed by atoms with Gasteiger partial charge in [-0.1, -0.05) is 6.58 Å². The van der Waals surface area contributed by atoms with Crippen LogP contribution in [-0.2, 0) is 9.53 Å². The molecule has 2 rings (SSSR count). The fourth-order valence-electron chi connectivity index (χ4n) is 1.91. The molecule has 0 saturated carbocycles. The molecule has 1 aromatic carbocycles. The van der Waals surface area contributed by atoms with Crippen molar-refractivity contribution in [3.8, 4) is 5.69 Å². The smallest absolute Gasteiger partial charge is 0.336 e. The summed E-state index contributed by atoms with van der Waals surface area (Å²) in [6.07, 6.45) is 2.17. The number of carbonyl (C=O) groups excluding carboxylic acids is 1. The number of rotatable bonds is 4. The summed E-state index contributed by atoms with van der Waals surface area (Å²) in [4.78, 5) is 11.4. The van der Waals surface area contributed by atoms with Crippen LogP contribution in [-0.4, -0.2) is 22.8 Å². The summed E-state index contributed by atoms with van der Waals surface area (Å²) in [6.45, 7) is 3.50. The van der Waals surface area contributed by atoms with E-state index in [0.717, 1.165) is 0 Å². The summed E-state index contributed by atoms with van der Waals surface area (Å²) in [5.41, 5.74) is 0.664. The van der Waals surface area contributed by atoms with Gasteiger partial charge in [0.05, 0.1) is 18.4 Å². The maximum absolute atomic E-state index is 13.4. The lowest BCUT2D eigenvalue weighted by Gasteiger charge is -2.17. The number of methoxy groups -OCH3 is 1. The second kappa shape index (κ2) is 5.71. The lowest BCUT2D eigenvalue weighted by atomic mass is 10.0.